The van der Waals surface area contributed by atoms with Gasteiger partial charge >= 0.3 is 6.18 Å². The molecule has 16 heavy (non-hydrogen) atoms. The maximum atomic E-state index is 12.3. The number of ether oxygens (including phenoxy) is 1. The van der Waals surface area contributed by atoms with Gasteiger partial charge in [-0.3, -0.25) is 0 Å². The number of methoxy groups -OCH3 is 1. The topological polar surface area (TPSA) is 22.1 Å². The zero-order valence-electron chi connectivity index (χ0n) is 8.59. The van der Waals surface area contributed by atoms with E-state index in [1.807, 2.05) is 0 Å². The molecule has 1 atom stereocenters. The minimum absolute atomic E-state index is 0.249. The first-order valence-corrected chi connectivity index (χ1v) is 5.03. The minimum atomic E-state index is -4.42. The summed E-state index contributed by atoms with van der Waals surface area (Å²) in [5, 5.41) is -0.374. The van der Waals surface area contributed by atoms with Gasteiger partial charge in [0.25, 0.3) is 0 Å². The molecule has 0 radical (unpaired) electrons. The fourth-order valence-electron chi connectivity index (χ4n) is 1.22. The summed E-state index contributed by atoms with van der Waals surface area (Å²) in [6.07, 6.45) is -4.17. The van der Waals surface area contributed by atoms with Crippen LogP contribution in [0, 0.1) is 0 Å². The first kappa shape index (κ1) is 13.3. The van der Waals surface area contributed by atoms with Crippen molar-refractivity contribution >= 4 is 11.6 Å². The van der Waals surface area contributed by atoms with Crippen LogP contribution in [0.5, 0.6) is 0 Å². The van der Waals surface area contributed by atoms with Crippen molar-refractivity contribution < 1.29 is 17.9 Å². The van der Waals surface area contributed by atoms with E-state index in [0.717, 1.165) is 6.07 Å². The summed E-state index contributed by atoms with van der Waals surface area (Å²) in [5.74, 6) is 0. The summed E-state index contributed by atoms with van der Waals surface area (Å²) in [6.45, 7) is 0.277. The molecule has 1 unspecified atom stereocenters. The predicted molar refractivity (Wildman–Crippen MR) is 54.5 cm³/mol. The van der Waals surface area contributed by atoms with Crippen molar-refractivity contribution in [2.45, 2.75) is 18.0 Å². The molecule has 0 saturated heterocycles. The summed E-state index contributed by atoms with van der Waals surface area (Å²) in [6, 6.07) is 3.77. The molecule has 0 saturated carbocycles. The van der Waals surface area contributed by atoms with Crippen LogP contribution >= 0.6 is 11.6 Å². The molecule has 0 spiro atoms. The van der Waals surface area contributed by atoms with E-state index in [1.165, 1.54) is 19.2 Å². The lowest BCUT2D eigenvalue weighted by Gasteiger charge is -2.10. The van der Waals surface area contributed by atoms with E-state index in [4.69, 9.17) is 16.3 Å². The molecule has 0 aliphatic carbocycles. The molecule has 0 fully saturated rings. The number of hydrogen-bond acceptors (Lipinski definition) is 2. The van der Waals surface area contributed by atoms with Gasteiger partial charge in [0.1, 0.15) is 5.69 Å². The number of halogens is 4. The Kier molecular flexibility index (Phi) is 4.56. The lowest BCUT2D eigenvalue weighted by Crippen LogP contribution is -2.14. The van der Waals surface area contributed by atoms with Crippen LogP contribution in [-0.4, -0.2) is 24.1 Å². The van der Waals surface area contributed by atoms with Crippen LogP contribution in [0.15, 0.2) is 18.2 Å². The first-order chi connectivity index (χ1) is 7.43. The van der Waals surface area contributed by atoms with Crippen molar-refractivity contribution in [1.82, 2.24) is 4.98 Å². The van der Waals surface area contributed by atoms with E-state index in [9.17, 15) is 13.2 Å². The lowest BCUT2D eigenvalue weighted by molar-refractivity contribution is -0.141. The van der Waals surface area contributed by atoms with E-state index in [-0.39, 0.29) is 18.4 Å². The number of alkyl halides is 4. The molecule has 2 nitrogen and oxygen atoms in total. The van der Waals surface area contributed by atoms with Gasteiger partial charge in [0.2, 0.25) is 0 Å². The first-order valence-electron chi connectivity index (χ1n) is 4.59. The molecular weight excluding hydrogens is 243 g/mol. The molecule has 0 aromatic carbocycles. The maximum absolute atomic E-state index is 12.3. The largest absolute Gasteiger partial charge is 0.433 e. The van der Waals surface area contributed by atoms with Gasteiger partial charge < -0.3 is 4.74 Å². The van der Waals surface area contributed by atoms with Crippen molar-refractivity contribution in [3.8, 4) is 0 Å². The highest BCUT2D eigenvalue weighted by atomic mass is 35.5. The number of pyridine rings is 1. The Morgan fingerprint density at radius 2 is 2.12 bits per heavy atom. The SMILES string of the molecule is COCC(Cl)Cc1cccc(C(F)(F)F)n1. The van der Waals surface area contributed by atoms with Gasteiger partial charge in [-0.15, -0.1) is 11.6 Å². The Morgan fingerprint density at radius 1 is 1.44 bits per heavy atom. The van der Waals surface area contributed by atoms with E-state index in [2.05, 4.69) is 4.98 Å². The second-order valence-corrected chi connectivity index (χ2v) is 3.89. The molecule has 1 rings (SSSR count). The molecule has 90 valence electrons. The highest BCUT2D eigenvalue weighted by Gasteiger charge is 2.32. The molecule has 0 aliphatic rings. The van der Waals surface area contributed by atoms with Crippen LogP contribution < -0.4 is 0 Å². The van der Waals surface area contributed by atoms with Crippen molar-refractivity contribution in [3.05, 3.63) is 29.6 Å². The average Bonchev–Trinajstić information content (AvgIpc) is 2.17. The predicted octanol–water partition coefficient (Wildman–Crippen LogP) is 2.90. The third-order valence-corrected chi connectivity index (χ3v) is 2.16. The van der Waals surface area contributed by atoms with Crippen LogP contribution in [0.25, 0.3) is 0 Å². The monoisotopic (exact) mass is 253 g/mol. The fraction of sp³-hybridized carbons (Fsp3) is 0.500. The van der Waals surface area contributed by atoms with Crippen molar-refractivity contribution in [1.29, 1.82) is 0 Å². The summed E-state index contributed by atoms with van der Waals surface area (Å²) in [5.41, 5.74) is -0.585. The third kappa shape index (κ3) is 3.98. The van der Waals surface area contributed by atoms with E-state index >= 15 is 0 Å². The van der Waals surface area contributed by atoms with Gasteiger partial charge in [-0.2, -0.15) is 13.2 Å². The Labute approximate surface area is 96.4 Å². The van der Waals surface area contributed by atoms with Gasteiger partial charge in [-0.1, -0.05) is 6.07 Å². The van der Waals surface area contributed by atoms with Crippen molar-refractivity contribution in [3.63, 3.8) is 0 Å². The number of aromatic nitrogens is 1. The zero-order chi connectivity index (χ0) is 12.2. The smallest absolute Gasteiger partial charge is 0.383 e. The van der Waals surface area contributed by atoms with Gasteiger partial charge in [0, 0.05) is 19.2 Å². The molecule has 0 amide bonds. The van der Waals surface area contributed by atoms with Gasteiger partial charge in [-0.25, -0.2) is 4.98 Å². The molecular formula is C10H11ClF3NO. The van der Waals surface area contributed by atoms with Gasteiger partial charge in [0.05, 0.1) is 12.0 Å². The third-order valence-electron chi connectivity index (χ3n) is 1.88. The highest BCUT2D eigenvalue weighted by Crippen LogP contribution is 2.27. The number of hydrogen-bond donors (Lipinski definition) is 0. The Morgan fingerprint density at radius 3 is 2.69 bits per heavy atom. The summed E-state index contributed by atoms with van der Waals surface area (Å²) in [4.78, 5) is 3.50. The molecule has 0 aliphatic heterocycles. The maximum Gasteiger partial charge on any atom is 0.433 e. The van der Waals surface area contributed by atoms with Crippen LogP contribution in [-0.2, 0) is 17.3 Å². The van der Waals surface area contributed by atoms with Crippen molar-refractivity contribution in [2.24, 2.45) is 0 Å². The van der Waals surface area contributed by atoms with E-state index in [0.29, 0.717) is 5.69 Å². The standard InChI is InChI=1S/C10H11ClF3NO/c1-16-6-7(11)5-8-3-2-4-9(15-8)10(12,13)14/h2-4,7H,5-6H2,1H3. The summed E-state index contributed by atoms with van der Waals surface area (Å²) < 4.78 is 41.8. The highest BCUT2D eigenvalue weighted by molar-refractivity contribution is 6.20. The molecule has 6 heteroatoms. The summed E-state index contributed by atoms with van der Waals surface area (Å²) >= 11 is 5.84. The average molecular weight is 254 g/mol. The summed E-state index contributed by atoms with van der Waals surface area (Å²) in [7, 11) is 1.48. The van der Waals surface area contributed by atoms with Crippen LogP contribution in [0.4, 0.5) is 13.2 Å². The minimum Gasteiger partial charge on any atom is -0.383 e. The second kappa shape index (κ2) is 5.50. The Bertz CT molecular complexity index is 343. The number of nitrogens with zero attached hydrogens (tertiary/aromatic N) is 1. The molecule has 0 bridgehead atoms. The molecule has 1 aromatic heterocycles. The van der Waals surface area contributed by atoms with Crippen LogP contribution in [0.1, 0.15) is 11.4 Å². The molecule has 1 aromatic rings. The number of rotatable bonds is 4. The van der Waals surface area contributed by atoms with Gasteiger partial charge in [0.15, 0.2) is 0 Å². The van der Waals surface area contributed by atoms with Crippen molar-refractivity contribution in [2.75, 3.05) is 13.7 Å². The fourth-order valence-corrected chi connectivity index (χ4v) is 1.50. The Hall–Kier alpha value is -0.810. The van der Waals surface area contributed by atoms with Crippen LogP contribution in [0.3, 0.4) is 0 Å². The lowest BCUT2D eigenvalue weighted by atomic mass is 10.2. The second-order valence-electron chi connectivity index (χ2n) is 3.27. The molecule has 0 N–H and O–H groups in total. The van der Waals surface area contributed by atoms with E-state index in [1.54, 1.807) is 0 Å². The zero-order valence-corrected chi connectivity index (χ0v) is 9.35. The van der Waals surface area contributed by atoms with E-state index < -0.39 is 11.9 Å². The quantitative estimate of drug-likeness (QED) is 0.770. The molecule has 1 heterocycles. The normalized spacial score (nSPS) is 13.8. The Balaban J connectivity index is 2.75. The van der Waals surface area contributed by atoms with Gasteiger partial charge in [-0.05, 0) is 12.1 Å². The van der Waals surface area contributed by atoms with Crippen LogP contribution in [0.2, 0.25) is 0 Å².